The fourth-order valence-electron chi connectivity index (χ4n) is 4.17. The van der Waals surface area contributed by atoms with Crippen molar-refractivity contribution >= 4 is 31.4 Å². The molecule has 0 spiro atoms. The van der Waals surface area contributed by atoms with Crippen LogP contribution in [-0.4, -0.2) is 31.4 Å². The summed E-state index contributed by atoms with van der Waals surface area (Å²) in [4.78, 5) is 0. The quantitative estimate of drug-likeness (QED) is 0.544. The summed E-state index contributed by atoms with van der Waals surface area (Å²) in [5.41, 5.74) is 0. The molecule has 0 aromatic carbocycles. The minimum Gasteiger partial charge on any atom is -0.0783 e. The third-order valence-corrected chi connectivity index (χ3v) is 8.06. The molecule has 4 heteroatoms. The Morgan fingerprint density at radius 3 is 1.41 bits per heavy atom. The summed E-state index contributed by atoms with van der Waals surface area (Å²) in [5.74, 6) is 7.41. The van der Waals surface area contributed by atoms with Gasteiger partial charge in [-0.1, -0.05) is 84.6 Å². The molecule has 0 saturated heterocycles. The topological polar surface area (TPSA) is 0 Å². The molecule has 9 unspecified atom stereocenters. The van der Waals surface area contributed by atoms with Crippen LogP contribution in [0.25, 0.3) is 0 Å². The zero-order valence-electron chi connectivity index (χ0n) is 17.6. The van der Waals surface area contributed by atoms with Gasteiger partial charge in [0.25, 0.3) is 0 Å². The number of hydrogen-bond donors (Lipinski definition) is 0. The van der Waals surface area contributed by atoms with E-state index in [-0.39, 0.29) is 0 Å². The Morgan fingerprint density at radius 2 is 1.00 bits per heavy atom. The molecule has 0 aromatic heterocycles. The molecule has 0 aliphatic rings. The molecule has 0 aromatic rings. The van der Waals surface area contributed by atoms with Crippen molar-refractivity contribution in [3.8, 4) is 0 Å². The third-order valence-electron chi connectivity index (χ3n) is 8.06. The number of hydrogen-bond acceptors (Lipinski definition) is 0. The van der Waals surface area contributed by atoms with Crippen LogP contribution in [0.2, 0.25) is 23.8 Å². The molecule has 0 nitrogen and oxygen atoms in total. The highest BCUT2D eigenvalue weighted by molar-refractivity contribution is 6.15. The first-order chi connectivity index (χ1) is 10.1. The van der Waals surface area contributed by atoms with Gasteiger partial charge in [0.05, 0.1) is 0 Å². The van der Waals surface area contributed by atoms with Crippen LogP contribution in [0.3, 0.4) is 0 Å². The Kier molecular flexibility index (Phi) is 10.3. The van der Waals surface area contributed by atoms with Crippen molar-refractivity contribution in [1.29, 1.82) is 0 Å². The van der Waals surface area contributed by atoms with Crippen molar-refractivity contribution in [2.75, 3.05) is 0 Å². The van der Waals surface area contributed by atoms with E-state index in [1.807, 2.05) is 0 Å². The van der Waals surface area contributed by atoms with E-state index in [1.165, 1.54) is 12.7 Å². The molecular formula is C18H42B4. The van der Waals surface area contributed by atoms with Gasteiger partial charge in [-0.3, -0.25) is 0 Å². The normalized spacial score (nSPS) is 24.5. The molecule has 0 bridgehead atoms. The molecule has 0 rings (SSSR count). The van der Waals surface area contributed by atoms with Gasteiger partial charge < -0.3 is 0 Å². The van der Waals surface area contributed by atoms with E-state index in [0.717, 1.165) is 53.0 Å². The molecule has 0 N–H and O–H groups in total. The molecule has 0 heterocycles. The fourth-order valence-corrected chi connectivity index (χ4v) is 4.17. The van der Waals surface area contributed by atoms with Gasteiger partial charge in [0.15, 0.2) is 0 Å². The van der Waals surface area contributed by atoms with Gasteiger partial charge in [-0.25, -0.2) is 0 Å². The van der Waals surface area contributed by atoms with Crippen LogP contribution in [-0.2, 0) is 0 Å². The molecule has 126 valence electrons. The summed E-state index contributed by atoms with van der Waals surface area (Å²) in [6.07, 6.45) is 2.62. The van der Waals surface area contributed by atoms with Crippen LogP contribution in [0.5, 0.6) is 0 Å². The predicted octanol–water partition coefficient (Wildman–Crippen LogP) is 2.53. The van der Waals surface area contributed by atoms with E-state index in [4.69, 9.17) is 0 Å². The van der Waals surface area contributed by atoms with Crippen molar-refractivity contribution in [2.45, 2.75) is 78.7 Å². The minimum atomic E-state index is 0.808. The molecule has 0 saturated carbocycles. The first-order valence-corrected chi connectivity index (χ1v) is 10.1. The second-order valence-electron chi connectivity index (χ2n) is 8.78. The Hall–Kier alpha value is 0.260. The number of rotatable bonds is 10. The van der Waals surface area contributed by atoms with Crippen LogP contribution < -0.4 is 0 Å². The van der Waals surface area contributed by atoms with Gasteiger partial charge in [-0.05, 0) is 29.6 Å². The highest BCUT2D eigenvalue weighted by atomic mass is 14.3. The standard InChI is InChI=1S/C18H42B4/c1-8-10(2)16(20)13(5)14(6)18(22)15(7)17(21)12(4)11(3)9-19/h10-18H,8-9,19-22H2,1-7H3. The third kappa shape index (κ3) is 5.72. The summed E-state index contributed by atoms with van der Waals surface area (Å²) in [5, 5.41) is 0. The second kappa shape index (κ2) is 10.2. The monoisotopic (exact) mass is 302 g/mol. The predicted molar refractivity (Wildman–Crippen MR) is 116 cm³/mol. The highest BCUT2D eigenvalue weighted by Gasteiger charge is 2.32. The van der Waals surface area contributed by atoms with Crippen LogP contribution in [0, 0.1) is 35.5 Å². The van der Waals surface area contributed by atoms with Gasteiger partial charge in [-0.15, -0.1) is 0 Å². The Bertz CT molecular complexity index is 269. The molecular weight excluding hydrogens is 259 g/mol. The van der Waals surface area contributed by atoms with Crippen molar-refractivity contribution in [3.05, 3.63) is 0 Å². The molecule has 9 atom stereocenters. The second-order valence-corrected chi connectivity index (χ2v) is 8.78. The van der Waals surface area contributed by atoms with E-state index in [1.54, 1.807) is 0 Å². The Labute approximate surface area is 146 Å². The zero-order chi connectivity index (χ0) is 17.6. The van der Waals surface area contributed by atoms with Crippen LogP contribution in [0.4, 0.5) is 0 Å². The van der Waals surface area contributed by atoms with Crippen molar-refractivity contribution in [2.24, 2.45) is 35.5 Å². The first-order valence-electron chi connectivity index (χ1n) is 10.1. The van der Waals surface area contributed by atoms with Gasteiger partial charge in [0.1, 0.15) is 31.4 Å². The summed E-state index contributed by atoms with van der Waals surface area (Å²) < 4.78 is 0. The summed E-state index contributed by atoms with van der Waals surface area (Å²) in [7, 11) is 9.81. The fraction of sp³-hybridized carbons (Fsp3) is 1.00. The molecule has 0 radical (unpaired) electrons. The van der Waals surface area contributed by atoms with Crippen molar-refractivity contribution in [1.82, 2.24) is 0 Å². The van der Waals surface area contributed by atoms with E-state index in [9.17, 15) is 0 Å². The van der Waals surface area contributed by atoms with Crippen LogP contribution in [0.1, 0.15) is 54.9 Å². The Morgan fingerprint density at radius 1 is 0.591 bits per heavy atom. The minimum absolute atomic E-state index is 0.808. The Balaban J connectivity index is 4.82. The largest absolute Gasteiger partial charge is 0.106 e. The lowest BCUT2D eigenvalue weighted by Gasteiger charge is -2.40. The first kappa shape index (κ1) is 22.3. The zero-order valence-corrected chi connectivity index (χ0v) is 17.6. The molecule has 0 fully saturated rings. The van der Waals surface area contributed by atoms with Crippen LogP contribution >= 0.6 is 0 Å². The lowest BCUT2D eigenvalue weighted by molar-refractivity contribution is 0.240. The SMILES string of the molecule is BCC(C)C(C)C(B)C(C)C(B)C(C)C(C)C(B)C(C)CC. The lowest BCUT2D eigenvalue weighted by atomic mass is 9.52. The van der Waals surface area contributed by atoms with Gasteiger partial charge in [0, 0.05) is 0 Å². The smallest absolute Gasteiger partial charge is 0.0783 e. The summed E-state index contributed by atoms with van der Waals surface area (Å²) in [6, 6.07) is 0. The molecule has 0 aliphatic carbocycles. The van der Waals surface area contributed by atoms with Crippen LogP contribution in [0.15, 0.2) is 0 Å². The maximum absolute atomic E-state index is 2.51. The van der Waals surface area contributed by atoms with E-state index < -0.39 is 0 Å². The molecule has 0 amide bonds. The molecule has 0 aliphatic heterocycles. The summed E-state index contributed by atoms with van der Waals surface area (Å²) >= 11 is 0. The lowest BCUT2D eigenvalue weighted by Crippen LogP contribution is -2.30. The maximum atomic E-state index is 2.51. The van der Waals surface area contributed by atoms with Crippen molar-refractivity contribution < 1.29 is 0 Å². The van der Waals surface area contributed by atoms with E-state index >= 15 is 0 Å². The van der Waals surface area contributed by atoms with Gasteiger partial charge in [0.2, 0.25) is 0 Å². The highest BCUT2D eigenvalue weighted by Crippen LogP contribution is 2.44. The van der Waals surface area contributed by atoms with Crippen molar-refractivity contribution in [3.63, 3.8) is 0 Å². The maximum Gasteiger partial charge on any atom is 0.106 e. The van der Waals surface area contributed by atoms with E-state index in [2.05, 4.69) is 79.9 Å². The van der Waals surface area contributed by atoms with Gasteiger partial charge in [-0.2, -0.15) is 0 Å². The average molecular weight is 302 g/mol. The van der Waals surface area contributed by atoms with E-state index in [0.29, 0.717) is 0 Å². The van der Waals surface area contributed by atoms with Gasteiger partial charge >= 0.3 is 0 Å². The molecule has 22 heavy (non-hydrogen) atoms. The summed E-state index contributed by atoms with van der Waals surface area (Å²) in [6.45, 7) is 17.2. The average Bonchev–Trinajstić information content (AvgIpc) is 2.55.